The summed E-state index contributed by atoms with van der Waals surface area (Å²) in [6.07, 6.45) is 5.70. The van der Waals surface area contributed by atoms with E-state index in [1.807, 2.05) is 6.92 Å². The van der Waals surface area contributed by atoms with Gasteiger partial charge in [-0.25, -0.2) is 13.8 Å². The van der Waals surface area contributed by atoms with E-state index >= 15 is 0 Å². The van der Waals surface area contributed by atoms with Gasteiger partial charge < -0.3 is 10.6 Å². The first-order valence-corrected chi connectivity index (χ1v) is 7.04. The van der Waals surface area contributed by atoms with Crippen molar-refractivity contribution in [2.75, 3.05) is 23.7 Å². The van der Waals surface area contributed by atoms with E-state index in [0.717, 1.165) is 24.8 Å². The second-order valence-electron chi connectivity index (χ2n) is 5.09. The van der Waals surface area contributed by atoms with Crippen molar-refractivity contribution >= 4 is 11.6 Å². The smallest absolute Gasteiger partial charge is 0.168 e. The zero-order chi connectivity index (χ0) is 13.7. The summed E-state index contributed by atoms with van der Waals surface area (Å²) in [5, 5.41) is 5.80. The van der Waals surface area contributed by atoms with E-state index in [-0.39, 0.29) is 11.6 Å². The normalized spacial score (nSPS) is 14.5. The molecule has 1 fully saturated rings. The van der Waals surface area contributed by atoms with Crippen molar-refractivity contribution in [3.8, 4) is 0 Å². The molecule has 3 nitrogen and oxygen atoms in total. The summed E-state index contributed by atoms with van der Waals surface area (Å²) in [5.41, 5.74) is 0. The van der Waals surface area contributed by atoms with Crippen LogP contribution in [0.3, 0.4) is 0 Å². The SMILES string of the molecule is CCCNc1nc(NCCCC2CC2)c(F)cc1F. The largest absolute Gasteiger partial charge is 0.368 e. The fraction of sp³-hybridized carbons (Fsp3) is 0.643. The number of rotatable bonds is 8. The highest BCUT2D eigenvalue weighted by molar-refractivity contribution is 5.47. The first-order valence-electron chi connectivity index (χ1n) is 7.04. The van der Waals surface area contributed by atoms with Crippen molar-refractivity contribution in [2.24, 2.45) is 5.92 Å². The summed E-state index contributed by atoms with van der Waals surface area (Å²) in [6, 6.07) is 0.883. The molecule has 2 rings (SSSR count). The Morgan fingerprint density at radius 1 is 1.16 bits per heavy atom. The molecule has 0 aliphatic heterocycles. The Balaban J connectivity index is 1.89. The molecule has 1 aromatic rings. The lowest BCUT2D eigenvalue weighted by Crippen LogP contribution is -2.10. The molecule has 1 heterocycles. The zero-order valence-corrected chi connectivity index (χ0v) is 11.3. The standard InChI is InChI=1S/C14H21F2N3/c1-2-7-17-13-11(15)9-12(16)14(19-13)18-8-3-4-10-5-6-10/h9-10H,2-8H2,1H3,(H2,17,18,19). The molecule has 0 unspecified atom stereocenters. The Morgan fingerprint density at radius 3 is 2.37 bits per heavy atom. The van der Waals surface area contributed by atoms with Gasteiger partial charge in [-0.1, -0.05) is 19.8 Å². The molecule has 106 valence electrons. The fourth-order valence-electron chi connectivity index (χ4n) is 1.96. The number of hydrogen-bond donors (Lipinski definition) is 2. The lowest BCUT2D eigenvalue weighted by atomic mass is 10.2. The molecule has 0 bridgehead atoms. The minimum atomic E-state index is -0.644. The number of anilines is 2. The van der Waals surface area contributed by atoms with E-state index in [0.29, 0.717) is 13.1 Å². The second kappa shape index (κ2) is 6.68. The highest BCUT2D eigenvalue weighted by Crippen LogP contribution is 2.33. The lowest BCUT2D eigenvalue weighted by molar-refractivity contribution is 0.576. The second-order valence-corrected chi connectivity index (χ2v) is 5.09. The molecule has 1 saturated carbocycles. The van der Waals surface area contributed by atoms with E-state index in [1.165, 1.54) is 19.3 Å². The number of aromatic nitrogens is 1. The van der Waals surface area contributed by atoms with Crippen LogP contribution < -0.4 is 10.6 Å². The van der Waals surface area contributed by atoms with Crippen LogP contribution >= 0.6 is 0 Å². The van der Waals surface area contributed by atoms with Gasteiger partial charge >= 0.3 is 0 Å². The number of nitrogens with zero attached hydrogens (tertiary/aromatic N) is 1. The van der Waals surface area contributed by atoms with Gasteiger partial charge in [0.25, 0.3) is 0 Å². The molecule has 19 heavy (non-hydrogen) atoms. The van der Waals surface area contributed by atoms with Crippen LogP contribution in [0, 0.1) is 17.6 Å². The van der Waals surface area contributed by atoms with Gasteiger partial charge in [0.1, 0.15) is 0 Å². The average molecular weight is 269 g/mol. The van der Waals surface area contributed by atoms with Gasteiger partial charge in [0.15, 0.2) is 23.3 Å². The molecule has 0 spiro atoms. The van der Waals surface area contributed by atoms with E-state index in [1.54, 1.807) is 0 Å². The topological polar surface area (TPSA) is 37.0 Å². The van der Waals surface area contributed by atoms with Crippen LogP contribution in [-0.2, 0) is 0 Å². The molecule has 0 atom stereocenters. The maximum Gasteiger partial charge on any atom is 0.168 e. The van der Waals surface area contributed by atoms with E-state index in [2.05, 4.69) is 15.6 Å². The molecule has 0 saturated heterocycles. The van der Waals surface area contributed by atoms with Crippen LogP contribution in [0.25, 0.3) is 0 Å². The molecular formula is C14H21F2N3. The van der Waals surface area contributed by atoms with E-state index < -0.39 is 11.6 Å². The van der Waals surface area contributed by atoms with Gasteiger partial charge in [0.05, 0.1) is 0 Å². The predicted molar refractivity (Wildman–Crippen MR) is 73.4 cm³/mol. The zero-order valence-electron chi connectivity index (χ0n) is 11.3. The molecule has 2 N–H and O–H groups in total. The molecule has 1 aromatic heterocycles. The summed E-state index contributed by atoms with van der Waals surface area (Å²) in [7, 11) is 0. The van der Waals surface area contributed by atoms with Crippen LogP contribution in [-0.4, -0.2) is 18.1 Å². The highest BCUT2D eigenvalue weighted by Gasteiger charge is 2.20. The van der Waals surface area contributed by atoms with Crippen LogP contribution in [0.2, 0.25) is 0 Å². The third-order valence-corrected chi connectivity index (χ3v) is 3.25. The van der Waals surface area contributed by atoms with Gasteiger partial charge in [-0.2, -0.15) is 0 Å². The van der Waals surface area contributed by atoms with Crippen LogP contribution in [0.4, 0.5) is 20.4 Å². The van der Waals surface area contributed by atoms with Crippen molar-refractivity contribution in [3.63, 3.8) is 0 Å². The van der Waals surface area contributed by atoms with Gasteiger partial charge in [-0.15, -0.1) is 0 Å². The first-order chi connectivity index (χ1) is 9.20. The minimum absolute atomic E-state index is 0.118. The minimum Gasteiger partial charge on any atom is -0.368 e. The third-order valence-electron chi connectivity index (χ3n) is 3.25. The Bertz CT molecular complexity index is 419. The average Bonchev–Trinajstić information content (AvgIpc) is 3.19. The van der Waals surface area contributed by atoms with E-state index in [4.69, 9.17) is 0 Å². The molecule has 1 aliphatic rings. The summed E-state index contributed by atoms with van der Waals surface area (Å²) in [6.45, 7) is 3.28. The Hall–Kier alpha value is -1.39. The van der Waals surface area contributed by atoms with Crippen molar-refractivity contribution in [1.82, 2.24) is 4.98 Å². The molecule has 1 aliphatic carbocycles. The first kappa shape index (κ1) is 14.0. The molecular weight excluding hydrogens is 248 g/mol. The summed E-state index contributed by atoms with van der Waals surface area (Å²) >= 11 is 0. The fourth-order valence-corrected chi connectivity index (χ4v) is 1.96. The number of hydrogen-bond acceptors (Lipinski definition) is 3. The molecule has 0 radical (unpaired) electrons. The van der Waals surface area contributed by atoms with Crippen molar-refractivity contribution < 1.29 is 8.78 Å². The van der Waals surface area contributed by atoms with Crippen molar-refractivity contribution in [2.45, 2.75) is 39.0 Å². The van der Waals surface area contributed by atoms with Crippen LogP contribution in [0.15, 0.2) is 6.07 Å². The summed E-state index contributed by atoms with van der Waals surface area (Å²) in [4.78, 5) is 3.97. The number of pyridine rings is 1. The van der Waals surface area contributed by atoms with E-state index in [9.17, 15) is 8.78 Å². The maximum atomic E-state index is 13.6. The third kappa shape index (κ3) is 4.33. The summed E-state index contributed by atoms with van der Waals surface area (Å²) < 4.78 is 27.0. The molecule has 0 aromatic carbocycles. The monoisotopic (exact) mass is 269 g/mol. The maximum absolute atomic E-state index is 13.6. The van der Waals surface area contributed by atoms with Crippen molar-refractivity contribution in [1.29, 1.82) is 0 Å². The Labute approximate surface area is 112 Å². The Morgan fingerprint density at radius 2 is 1.79 bits per heavy atom. The molecule has 5 heteroatoms. The lowest BCUT2D eigenvalue weighted by Gasteiger charge is -2.10. The molecule has 0 amide bonds. The predicted octanol–water partition coefficient (Wildman–Crippen LogP) is 3.78. The van der Waals surface area contributed by atoms with Crippen LogP contribution in [0.5, 0.6) is 0 Å². The van der Waals surface area contributed by atoms with Gasteiger partial charge in [0.2, 0.25) is 0 Å². The number of nitrogens with one attached hydrogen (secondary N) is 2. The highest BCUT2D eigenvalue weighted by atomic mass is 19.1. The quantitative estimate of drug-likeness (QED) is 0.705. The van der Waals surface area contributed by atoms with Crippen molar-refractivity contribution in [3.05, 3.63) is 17.7 Å². The summed E-state index contributed by atoms with van der Waals surface area (Å²) in [5.74, 6) is -0.154. The van der Waals surface area contributed by atoms with Crippen LogP contribution in [0.1, 0.15) is 39.0 Å². The van der Waals surface area contributed by atoms with Gasteiger partial charge in [0, 0.05) is 19.2 Å². The van der Waals surface area contributed by atoms with Gasteiger partial charge in [-0.05, 0) is 25.2 Å². The number of halogens is 2. The Kier molecular flexibility index (Phi) is 4.93. The van der Waals surface area contributed by atoms with Gasteiger partial charge in [-0.3, -0.25) is 0 Å².